The van der Waals surface area contributed by atoms with Crippen LogP contribution in [0.2, 0.25) is 0 Å². The quantitative estimate of drug-likeness (QED) is 0.274. The Balaban J connectivity index is 0.00000192. The van der Waals surface area contributed by atoms with Gasteiger partial charge in [-0.3, -0.25) is 9.67 Å². The number of nitrogens with zero attached hydrogens (tertiary/aromatic N) is 5. The summed E-state index contributed by atoms with van der Waals surface area (Å²) < 4.78 is 1.74. The van der Waals surface area contributed by atoms with Crippen LogP contribution >= 0.6 is 24.0 Å². The molecule has 0 bridgehead atoms. The van der Waals surface area contributed by atoms with Crippen LogP contribution in [0.25, 0.3) is 11.0 Å². The highest BCUT2D eigenvalue weighted by atomic mass is 127. The fourth-order valence-electron chi connectivity index (χ4n) is 2.25. The normalized spacial score (nSPS) is 14.4. The summed E-state index contributed by atoms with van der Waals surface area (Å²) in [4.78, 5) is 12.7. The van der Waals surface area contributed by atoms with Gasteiger partial charge in [0.25, 0.3) is 0 Å². The minimum Gasteiger partial charge on any atom is -0.368 e. The number of anilines is 1. The molecule has 9 heteroatoms. The molecule has 2 aromatic heterocycles. The van der Waals surface area contributed by atoms with Gasteiger partial charge in [0.15, 0.2) is 11.6 Å². The molecule has 1 aliphatic carbocycles. The lowest BCUT2D eigenvalue weighted by Gasteiger charge is -2.12. The molecule has 0 aromatic carbocycles. The molecular formula is C14H23IN8. The van der Waals surface area contributed by atoms with Crippen LogP contribution in [0.5, 0.6) is 0 Å². The molecule has 1 aliphatic rings. The largest absolute Gasteiger partial charge is 0.368 e. The van der Waals surface area contributed by atoms with E-state index in [2.05, 4.69) is 36.0 Å². The molecule has 2 heterocycles. The standard InChI is InChI=1S/C14H22N8.HI/c1-15-14(18-7-10-3-4-10)17-6-5-16-12-11-8-21-22(2)13(11)20-9-19-12;/h8-10H,3-7H2,1-2H3,(H2,15,17,18)(H,16,19,20);1H. The first-order valence-electron chi connectivity index (χ1n) is 7.59. The topological polar surface area (TPSA) is 92.1 Å². The fourth-order valence-corrected chi connectivity index (χ4v) is 2.25. The molecule has 0 amide bonds. The number of aryl methyl sites for hydroxylation is 1. The number of rotatable bonds is 6. The zero-order valence-corrected chi connectivity index (χ0v) is 15.7. The van der Waals surface area contributed by atoms with Gasteiger partial charge in [-0.15, -0.1) is 24.0 Å². The van der Waals surface area contributed by atoms with E-state index in [1.165, 1.54) is 12.8 Å². The van der Waals surface area contributed by atoms with Crippen LogP contribution in [-0.2, 0) is 7.05 Å². The predicted molar refractivity (Wildman–Crippen MR) is 102 cm³/mol. The third-order valence-electron chi connectivity index (χ3n) is 3.72. The minimum absolute atomic E-state index is 0. The lowest BCUT2D eigenvalue weighted by Crippen LogP contribution is -2.40. The number of hydrogen-bond acceptors (Lipinski definition) is 5. The Labute approximate surface area is 152 Å². The fraction of sp³-hybridized carbons (Fsp3) is 0.571. The molecule has 0 spiro atoms. The van der Waals surface area contributed by atoms with E-state index < -0.39 is 0 Å². The summed E-state index contributed by atoms with van der Waals surface area (Å²) in [5, 5.41) is 15.1. The van der Waals surface area contributed by atoms with Crippen LogP contribution in [0.15, 0.2) is 17.5 Å². The number of aliphatic imine (C=N–C) groups is 1. The van der Waals surface area contributed by atoms with Gasteiger partial charge in [0, 0.05) is 33.7 Å². The number of guanidine groups is 1. The van der Waals surface area contributed by atoms with Crippen LogP contribution < -0.4 is 16.0 Å². The molecule has 8 nitrogen and oxygen atoms in total. The smallest absolute Gasteiger partial charge is 0.191 e. The third-order valence-corrected chi connectivity index (χ3v) is 3.72. The van der Waals surface area contributed by atoms with E-state index in [1.54, 1.807) is 24.3 Å². The summed E-state index contributed by atoms with van der Waals surface area (Å²) in [6, 6.07) is 0. The van der Waals surface area contributed by atoms with E-state index in [0.717, 1.165) is 48.4 Å². The second kappa shape index (κ2) is 8.27. The molecule has 23 heavy (non-hydrogen) atoms. The van der Waals surface area contributed by atoms with Gasteiger partial charge in [0.2, 0.25) is 0 Å². The van der Waals surface area contributed by atoms with Crippen LogP contribution in [0.1, 0.15) is 12.8 Å². The van der Waals surface area contributed by atoms with Gasteiger partial charge in [0.05, 0.1) is 11.6 Å². The van der Waals surface area contributed by atoms with Crippen molar-refractivity contribution in [2.24, 2.45) is 18.0 Å². The highest BCUT2D eigenvalue weighted by Gasteiger charge is 2.20. The highest BCUT2D eigenvalue weighted by molar-refractivity contribution is 14.0. The van der Waals surface area contributed by atoms with Gasteiger partial charge >= 0.3 is 0 Å². The lowest BCUT2D eigenvalue weighted by atomic mass is 10.4. The number of aromatic nitrogens is 4. The second-order valence-corrected chi connectivity index (χ2v) is 5.48. The summed E-state index contributed by atoms with van der Waals surface area (Å²) in [7, 11) is 3.66. The average Bonchev–Trinajstić information content (AvgIpc) is 3.29. The maximum absolute atomic E-state index is 4.28. The molecule has 0 atom stereocenters. The van der Waals surface area contributed by atoms with Crippen molar-refractivity contribution < 1.29 is 0 Å². The Morgan fingerprint density at radius 3 is 2.87 bits per heavy atom. The minimum atomic E-state index is 0. The molecule has 126 valence electrons. The Morgan fingerprint density at radius 2 is 2.13 bits per heavy atom. The Morgan fingerprint density at radius 1 is 1.30 bits per heavy atom. The van der Waals surface area contributed by atoms with E-state index >= 15 is 0 Å². The van der Waals surface area contributed by atoms with E-state index in [9.17, 15) is 0 Å². The lowest BCUT2D eigenvalue weighted by molar-refractivity contribution is 0.740. The molecule has 0 saturated heterocycles. The zero-order valence-electron chi connectivity index (χ0n) is 13.4. The summed E-state index contributed by atoms with van der Waals surface area (Å²) in [5.74, 6) is 2.49. The van der Waals surface area contributed by atoms with Crippen LogP contribution in [-0.4, -0.2) is 52.4 Å². The number of nitrogens with one attached hydrogen (secondary N) is 3. The molecule has 2 aromatic rings. The summed E-state index contributed by atoms with van der Waals surface area (Å²) in [6.45, 7) is 2.51. The third kappa shape index (κ3) is 4.66. The Hall–Kier alpha value is -1.65. The predicted octanol–water partition coefficient (Wildman–Crippen LogP) is 0.968. The Kier molecular flexibility index (Phi) is 6.37. The molecule has 0 aliphatic heterocycles. The van der Waals surface area contributed by atoms with E-state index in [-0.39, 0.29) is 24.0 Å². The first kappa shape index (κ1) is 17.7. The monoisotopic (exact) mass is 430 g/mol. The summed E-state index contributed by atoms with van der Waals surface area (Å²) in [5.41, 5.74) is 0.826. The number of hydrogen-bond donors (Lipinski definition) is 3. The van der Waals surface area contributed by atoms with Crippen molar-refractivity contribution in [2.75, 3.05) is 32.0 Å². The molecule has 1 fully saturated rings. The Bertz CT molecular complexity index is 664. The van der Waals surface area contributed by atoms with Gasteiger partial charge < -0.3 is 16.0 Å². The van der Waals surface area contributed by atoms with Crippen LogP contribution in [0.4, 0.5) is 5.82 Å². The summed E-state index contributed by atoms with van der Waals surface area (Å²) in [6.07, 6.45) is 6.00. The van der Waals surface area contributed by atoms with E-state index in [4.69, 9.17) is 0 Å². The van der Waals surface area contributed by atoms with Crippen LogP contribution in [0.3, 0.4) is 0 Å². The van der Waals surface area contributed by atoms with E-state index in [0.29, 0.717) is 0 Å². The number of fused-ring (bicyclic) bond motifs is 1. The van der Waals surface area contributed by atoms with Crippen molar-refractivity contribution in [1.82, 2.24) is 30.4 Å². The van der Waals surface area contributed by atoms with Gasteiger partial charge in [-0.1, -0.05) is 0 Å². The maximum atomic E-state index is 4.28. The molecular weight excluding hydrogens is 407 g/mol. The van der Waals surface area contributed by atoms with E-state index in [1.807, 2.05) is 7.05 Å². The van der Waals surface area contributed by atoms with Gasteiger partial charge in [-0.25, -0.2) is 9.97 Å². The number of halogens is 1. The van der Waals surface area contributed by atoms with Crippen molar-refractivity contribution in [3.63, 3.8) is 0 Å². The van der Waals surface area contributed by atoms with Crippen molar-refractivity contribution >= 4 is 46.8 Å². The maximum Gasteiger partial charge on any atom is 0.191 e. The van der Waals surface area contributed by atoms with Crippen LogP contribution in [0, 0.1) is 5.92 Å². The molecule has 3 rings (SSSR count). The van der Waals surface area contributed by atoms with Gasteiger partial charge in [-0.2, -0.15) is 5.10 Å². The van der Waals surface area contributed by atoms with Crippen molar-refractivity contribution in [3.8, 4) is 0 Å². The van der Waals surface area contributed by atoms with Crippen molar-refractivity contribution in [3.05, 3.63) is 12.5 Å². The molecule has 1 saturated carbocycles. The summed E-state index contributed by atoms with van der Waals surface area (Å²) >= 11 is 0. The first-order chi connectivity index (χ1) is 10.8. The van der Waals surface area contributed by atoms with Crippen molar-refractivity contribution in [2.45, 2.75) is 12.8 Å². The SMILES string of the molecule is CN=C(NCCNc1ncnc2c1cnn2C)NCC1CC1.I. The molecule has 3 N–H and O–H groups in total. The average molecular weight is 430 g/mol. The van der Waals surface area contributed by atoms with Gasteiger partial charge in [-0.05, 0) is 18.8 Å². The first-order valence-corrected chi connectivity index (χ1v) is 7.59. The van der Waals surface area contributed by atoms with Crippen molar-refractivity contribution in [1.29, 1.82) is 0 Å². The second-order valence-electron chi connectivity index (χ2n) is 5.48. The zero-order chi connectivity index (χ0) is 15.4. The van der Waals surface area contributed by atoms with Gasteiger partial charge in [0.1, 0.15) is 12.1 Å². The molecule has 0 radical (unpaired) electrons. The highest BCUT2D eigenvalue weighted by Crippen LogP contribution is 2.27. The molecule has 0 unspecified atom stereocenters.